The van der Waals surface area contributed by atoms with Crippen LogP contribution in [0.25, 0.3) is 0 Å². The number of anilines is 1. The molecule has 0 bridgehead atoms. The fourth-order valence-corrected chi connectivity index (χ4v) is 4.18. The van der Waals surface area contributed by atoms with Gasteiger partial charge in [0, 0.05) is 18.9 Å². The average molecular weight is 678 g/mol. The van der Waals surface area contributed by atoms with Gasteiger partial charge in [-0.05, 0) is 54.6 Å². The minimum atomic E-state index is -2.41. The van der Waals surface area contributed by atoms with Gasteiger partial charge >= 0.3 is 29.8 Å². The largest absolute Gasteiger partial charge is 0.493 e. The maximum absolute atomic E-state index is 13.4. The SMILES string of the molecule is COc1cc(C(=O)O[C@@H](C(=O)O)[C@@H](OC(=O)c2ccc(OC(C)=O)c(OC)c2)C(=O)Nc2ccc(Cl)cc2Cl)ccc1OC(C)=O. The molecule has 3 aromatic carbocycles. The summed E-state index contributed by atoms with van der Waals surface area (Å²) in [6.07, 6.45) is -4.72. The molecule has 0 unspecified atom stereocenters. The lowest BCUT2D eigenvalue weighted by Crippen LogP contribution is -2.48. The number of aliphatic carboxylic acids is 1. The highest BCUT2D eigenvalue weighted by Crippen LogP contribution is 2.31. The Balaban J connectivity index is 1.99. The number of carboxylic acids is 1. The summed E-state index contributed by atoms with van der Waals surface area (Å²) in [6, 6.07) is 10.9. The van der Waals surface area contributed by atoms with Crippen LogP contribution in [0, 0.1) is 0 Å². The van der Waals surface area contributed by atoms with Gasteiger partial charge in [0.25, 0.3) is 5.91 Å². The number of methoxy groups -OCH3 is 2. The third-order valence-electron chi connectivity index (χ3n) is 5.74. The molecule has 0 aliphatic rings. The van der Waals surface area contributed by atoms with E-state index in [2.05, 4.69) is 5.32 Å². The monoisotopic (exact) mass is 677 g/mol. The number of benzene rings is 3. The number of carboxylic acid groups (broad SMARTS) is 1. The molecule has 0 saturated heterocycles. The van der Waals surface area contributed by atoms with Crippen molar-refractivity contribution in [1.82, 2.24) is 0 Å². The summed E-state index contributed by atoms with van der Waals surface area (Å²) in [6.45, 7) is 2.29. The van der Waals surface area contributed by atoms with Gasteiger partial charge in [-0.25, -0.2) is 14.4 Å². The van der Waals surface area contributed by atoms with Crippen LogP contribution in [0.15, 0.2) is 54.6 Å². The van der Waals surface area contributed by atoms with Crippen LogP contribution in [0.4, 0.5) is 5.69 Å². The summed E-state index contributed by atoms with van der Waals surface area (Å²) < 4.78 is 30.7. The first kappa shape index (κ1) is 35.1. The molecule has 14 nitrogen and oxygen atoms in total. The Labute approximate surface area is 271 Å². The quantitative estimate of drug-likeness (QED) is 0.204. The molecule has 0 fully saturated rings. The van der Waals surface area contributed by atoms with Crippen molar-refractivity contribution in [1.29, 1.82) is 0 Å². The van der Waals surface area contributed by atoms with E-state index in [-0.39, 0.29) is 49.9 Å². The standard InChI is InChI=1S/C30H25Cl2NO13/c1-14(34)43-21-9-5-16(11-23(21)41-3)29(39)45-25(27(36)33-20-8-7-18(31)13-19(20)32)26(28(37)38)46-30(40)17-6-10-22(44-15(2)35)24(12-17)42-4/h5-13,25-26H,1-4H3,(H,33,36)(H,37,38)/t25-,26-/m1/s1. The van der Waals surface area contributed by atoms with Crippen LogP contribution < -0.4 is 24.3 Å². The molecule has 0 heterocycles. The zero-order chi connectivity index (χ0) is 34.1. The number of hydrogen-bond donors (Lipinski definition) is 2. The van der Waals surface area contributed by atoms with Gasteiger partial charge in [0.2, 0.25) is 12.2 Å². The summed E-state index contributed by atoms with van der Waals surface area (Å²) in [5, 5.41) is 12.5. The van der Waals surface area contributed by atoms with Gasteiger partial charge in [-0.3, -0.25) is 14.4 Å². The van der Waals surface area contributed by atoms with Gasteiger partial charge < -0.3 is 38.8 Å². The molecular formula is C30H25Cl2NO13. The molecule has 2 atom stereocenters. The number of amides is 1. The molecule has 0 saturated carbocycles. The molecule has 2 N–H and O–H groups in total. The Morgan fingerprint density at radius 3 is 1.57 bits per heavy atom. The first-order valence-electron chi connectivity index (χ1n) is 12.9. The summed E-state index contributed by atoms with van der Waals surface area (Å²) >= 11 is 12.0. The smallest absolute Gasteiger partial charge is 0.349 e. The van der Waals surface area contributed by atoms with Gasteiger partial charge in [-0.1, -0.05) is 23.2 Å². The Kier molecular flexibility index (Phi) is 11.9. The van der Waals surface area contributed by atoms with Crippen molar-refractivity contribution in [2.45, 2.75) is 26.1 Å². The number of ether oxygens (including phenoxy) is 6. The van der Waals surface area contributed by atoms with Crippen LogP contribution in [0.5, 0.6) is 23.0 Å². The molecule has 3 aromatic rings. The molecule has 0 aromatic heterocycles. The molecular weight excluding hydrogens is 653 g/mol. The first-order chi connectivity index (χ1) is 21.7. The topological polar surface area (TPSA) is 190 Å². The van der Waals surface area contributed by atoms with Crippen LogP contribution in [0.2, 0.25) is 10.0 Å². The molecule has 1 amide bonds. The third kappa shape index (κ3) is 9.09. The summed E-state index contributed by atoms with van der Waals surface area (Å²) in [5.74, 6) is -7.18. The van der Waals surface area contributed by atoms with E-state index in [0.717, 1.165) is 38.1 Å². The van der Waals surface area contributed by atoms with Crippen LogP contribution in [-0.2, 0) is 28.7 Å². The number of rotatable bonds is 12. The van der Waals surface area contributed by atoms with E-state index in [4.69, 9.17) is 51.6 Å². The second-order valence-corrected chi connectivity index (χ2v) is 9.87. The molecule has 16 heteroatoms. The minimum absolute atomic E-state index is 0.0363. The normalized spacial score (nSPS) is 11.7. The van der Waals surface area contributed by atoms with Crippen molar-refractivity contribution < 1.29 is 62.3 Å². The van der Waals surface area contributed by atoms with Gasteiger partial charge in [0.15, 0.2) is 23.0 Å². The highest BCUT2D eigenvalue weighted by atomic mass is 35.5. The first-order valence-corrected chi connectivity index (χ1v) is 13.6. The zero-order valence-electron chi connectivity index (χ0n) is 24.5. The van der Waals surface area contributed by atoms with Gasteiger partial charge in [0.1, 0.15) is 0 Å². The second-order valence-electron chi connectivity index (χ2n) is 9.02. The zero-order valence-corrected chi connectivity index (χ0v) is 26.0. The highest BCUT2D eigenvalue weighted by molar-refractivity contribution is 6.36. The highest BCUT2D eigenvalue weighted by Gasteiger charge is 2.41. The Morgan fingerprint density at radius 1 is 0.674 bits per heavy atom. The minimum Gasteiger partial charge on any atom is -0.493 e. The Bertz CT molecular complexity index is 1690. The third-order valence-corrected chi connectivity index (χ3v) is 6.29. The number of halogens is 2. The average Bonchev–Trinajstić information content (AvgIpc) is 2.99. The summed E-state index contributed by atoms with van der Waals surface area (Å²) in [4.78, 5) is 74.9. The number of nitrogens with one attached hydrogen (secondary N) is 1. The fourth-order valence-electron chi connectivity index (χ4n) is 3.72. The molecule has 242 valence electrons. The van der Waals surface area contributed by atoms with E-state index in [0.29, 0.717) is 0 Å². The lowest BCUT2D eigenvalue weighted by Gasteiger charge is -2.24. The van der Waals surface area contributed by atoms with E-state index in [1.807, 2.05) is 0 Å². The number of hydrogen-bond acceptors (Lipinski definition) is 12. The van der Waals surface area contributed by atoms with E-state index >= 15 is 0 Å². The summed E-state index contributed by atoms with van der Waals surface area (Å²) in [5.41, 5.74) is -0.557. The molecule has 0 aliphatic carbocycles. The van der Waals surface area contributed by atoms with E-state index in [1.54, 1.807) is 0 Å². The lowest BCUT2D eigenvalue weighted by atomic mass is 10.1. The second kappa shape index (κ2) is 15.6. The number of esters is 4. The number of carbonyl (C=O) groups is 6. The molecule has 0 aliphatic heterocycles. The maximum Gasteiger partial charge on any atom is 0.349 e. The van der Waals surface area contributed by atoms with Gasteiger partial charge in [-0.15, -0.1) is 0 Å². The van der Waals surface area contributed by atoms with Crippen molar-refractivity contribution in [3.63, 3.8) is 0 Å². The van der Waals surface area contributed by atoms with Crippen LogP contribution >= 0.6 is 23.2 Å². The van der Waals surface area contributed by atoms with Crippen LogP contribution in [0.3, 0.4) is 0 Å². The van der Waals surface area contributed by atoms with Crippen molar-refractivity contribution in [3.8, 4) is 23.0 Å². The predicted molar refractivity (Wildman–Crippen MR) is 160 cm³/mol. The lowest BCUT2D eigenvalue weighted by molar-refractivity contribution is -0.157. The molecule has 46 heavy (non-hydrogen) atoms. The van der Waals surface area contributed by atoms with Gasteiger partial charge in [0.05, 0.1) is 36.1 Å². The van der Waals surface area contributed by atoms with E-state index in [1.165, 1.54) is 44.6 Å². The Morgan fingerprint density at radius 2 is 1.15 bits per heavy atom. The fraction of sp³-hybridized carbons (Fsp3) is 0.200. The van der Waals surface area contributed by atoms with Crippen molar-refractivity contribution >= 4 is 64.6 Å². The van der Waals surface area contributed by atoms with Crippen molar-refractivity contribution in [2.75, 3.05) is 19.5 Å². The molecule has 0 spiro atoms. The molecule has 3 rings (SSSR count). The van der Waals surface area contributed by atoms with Gasteiger partial charge in [-0.2, -0.15) is 0 Å². The predicted octanol–water partition coefficient (Wildman–Crippen LogP) is 4.34. The van der Waals surface area contributed by atoms with E-state index in [9.17, 15) is 33.9 Å². The van der Waals surface area contributed by atoms with E-state index < -0.39 is 48.0 Å². The molecule has 0 radical (unpaired) electrons. The van der Waals surface area contributed by atoms with Crippen LogP contribution in [-0.4, -0.2) is 67.3 Å². The number of carbonyl (C=O) groups excluding carboxylic acids is 5. The van der Waals surface area contributed by atoms with Crippen LogP contribution in [0.1, 0.15) is 34.6 Å². The summed E-state index contributed by atoms with van der Waals surface area (Å²) in [7, 11) is 2.46. The van der Waals surface area contributed by atoms with Crippen molar-refractivity contribution in [3.05, 3.63) is 75.8 Å². The van der Waals surface area contributed by atoms with Crippen molar-refractivity contribution in [2.24, 2.45) is 0 Å². The Hall–Kier alpha value is -5.34. The maximum atomic E-state index is 13.4.